The molecule has 1 saturated heterocycles. The molecule has 3 heterocycles. The van der Waals surface area contributed by atoms with E-state index in [0.29, 0.717) is 17.1 Å². The lowest BCUT2D eigenvalue weighted by Crippen LogP contribution is -2.36. The lowest BCUT2D eigenvalue weighted by molar-refractivity contribution is 0.0343. The Morgan fingerprint density at radius 3 is 2.93 bits per heavy atom. The zero-order chi connectivity index (χ0) is 18.8. The second-order valence-corrected chi connectivity index (χ2v) is 7.91. The van der Waals surface area contributed by atoms with Crippen molar-refractivity contribution in [3.05, 3.63) is 46.5 Å². The molecule has 0 radical (unpaired) electrons. The first-order chi connectivity index (χ1) is 13.1. The summed E-state index contributed by atoms with van der Waals surface area (Å²) in [6, 6.07) is 9.49. The second-order valence-electron chi connectivity index (χ2n) is 6.65. The van der Waals surface area contributed by atoms with Crippen molar-refractivity contribution in [3.8, 4) is 5.75 Å². The average molecular weight is 385 g/mol. The monoisotopic (exact) mass is 385 g/mol. The van der Waals surface area contributed by atoms with E-state index >= 15 is 0 Å². The number of aromatic nitrogens is 1. The summed E-state index contributed by atoms with van der Waals surface area (Å²) in [5.74, 6) is 0.581. The van der Waals surface area contributed by atoms with Gasteiger partial charge in [-0.2, -0.15) is 0 Å². The van der Waals surface area contributed by atoms with Gasteiger partial charge in [0, 0.05) is 41.8 Å². The van der Waals surface area contributed by atoms with Gasteiger partial charge in [0.1, 0.15) is 11.4 Å². The molecule has 0 aliphatic carbocycles. The number of thiophene rings is 1. The Kier molecular flexibility index (Phi) is 5.15. The van der Waals surface area contributed by atoms with Crippen LogP contribution in [-0.2, 0) is 11.3 Å². The van der Waals surface area contributed by atoms with Gasteiger partial charge >= 0.3 is 0 Å². The van der Waals surface area contributed by atoms with Crippen LogP contribution in [0.1, 0.15) is 20.9 Å². The number of ether oxygens (including phenoxy) is 2. The molecule has 3 aromatic rings. The normalized spacial score (nSPS) is 15.2. The number of nitrogens with zero attached hydrogens (tertiary/aromatic N) is 1. The van der Waals surface area contributed by atoms with Crippen molar-refractivity contribution in [1.29, 1.82) is 0 Å². The third-order valence-electron chi connectivity index (χ3n) is 4.73. The van der Waals surface area contributed by atoms with Crippen LogP contribution in [0.15, 0.2) is 30.3 Å². The van der Waals surface area contributed by atoms with Crippen LogP contribution < -0.4 is 10.1 Å². The summed E-state index contributed by atoms with van der Waals surface area (Å²) in [4.78, 5) is 19.9. The Balaban J connectivity index is 1.63. The van der Waals surface area contributed by atoms with E-state index in [2.05, 4.69) is 28.2 Å². The molecular weight excluding hydrogens is 362 g/mol. The third-order valence-corrected chi connectivity index (χ3v) is 5.84. The predicted octanol–water partition coefficient (Wildman–Crippen LogP) is 3.63. The minimum absolute atomic E-state index is 0.132. The zero-order valence-electron chi connectivity index (χ0n) is 15.5. The Hall–Kier alpha value is -2.35. The Morgan fingerprint density at radius 2 is 2.15 bits per heavy atom. The molecule has 6 nitrogen and oxygen atoms in total. The van der Waals surface area contributed by atoms with Crippen molar-refractivity contribution in [2.24, 2.45) is 0 Å². The summed E-state index contributed by atoms with van der Waals surface area (Å²) in [5.41, 5.74) is 3.43. The fourth-order valence-electron chi connectivity index (χ4n) is 3.38. The number of H-pyrrole nitrogens is 1. The van der Waals surface area contributed by atoms with E-state index in [1.165, 1.54) is 4.88 Å². The largest absolute Gasteiger partial charge is 0.497 e. The number of carbonyl (C=O) groups is 1. The van der Waals surface area contributed by atoms with Crippen molar-refractivity contribution in [1.82, 2.24) is 9.88 Å². The van der Waals surface area contributed by atoms with Gasteiger partial charge in [-0.15, -0.1) is 11.3 Å². The number of anilines is 1. The number of benzene rings is 1. The Bertz CT molecular complexity index is 957. The van der Waals surface area contributed by atoms with Crippen molar-refractivity contribution < 1.29 is 14.3 Å². The highest BCUT2D eigenvalue weighted by Crippen LogP contribution is 2.32. The Morgan fingerprint density at radius 1 is 1.33 bits per heavy atom. The number of aromatic amines is 1. The maximum Gasteiger partial charge on any atom is 0.272 e. The molecule has 2 N–H and O–H groups in total. The highest BCUT2D eigenvalue weighted by atomic mass is 32.1. The zero-order valence-corrected chi connectivity index (χ0v) is 16.3. The number of fused-ring (bicyclic) bond motifs is 1. The van der Waals surface area contributed by atoms with Gasteiger partial charge in [-0.05, 0) is 25.1 Å². The van der Waals surface area contributed by atoms with Gasteiger partial charge in [0.2, 0.25) is 0 Å². The quantitative estimate of drug-likeness (QED) is 0.704. The van der Waals surface area contributed by atoms with Crippen LogP contribution in [0, 0.1) is 6.92 Å². The van der Waals surface area contributed by atoms with E-state index < -0.39 is 0 Å². The van der Waals surface area contributed by atoms with E-state index in [9.17, 15) is 4.79 Å². The van der Waals surface area contributed by atoms with Gasteiger partial charge in [-0.1, -0.05) is 6.07 Å². The van der Waals surface area contributed by atoms with Crippen LogP contribution in [0.2, 0.25) is 0 Å². The molecule has 142 valence electrons. The van der Waals surface area contributed by atoms with E-state index in [0.717, 1.165) is 48.6 Å². The van der Waals surface area contributed by atoms with Crippen molar-refractivity contribution in [2.75, 3.05) is 38.7 Å². The summed E-state index contributed by atoms with van der Waals surface area (Å²) >= 11 is 1.73. The van der Waals surface area contributed by atoms with Gasteiger partial charge < -0.3 is 19.8 Å². The first-order valence-electron chi connectivity index (χ1n) is 9.00. The number of carbonyl (C=O) groups excluding carboxylic acids is 1. The molecule has 7 heteroatoms. The molecule has 0 unspecified atom stereocenters. The smallest absolute Gasteiger partial charge is 0.272 e. The lowest BCUT2D eigenvalue weighted by Gasteiger charge is -2.26. The van der Waals surface area contributed by atoms with Crippen LogP contribution in [0.25, 0.3) is 10.2 Å². The number of nitrogens with one attached hydrogen (secondary N) is 2. The van der Waals surface area contributed by atoms with E-state index in [1.807, 2.05) is 24.3 Å². The number of aryl methyl sites for hydroxylation is 1. The summed E-state index contributed by atoms with van der Waals surface area (Å²) in [6.45, 7) is 6.07. The van der Waals surface area contributed by atoms with E-state index in [-0.39, 0.29) is 5.91 Å². The minimum Gasteiger partial charge on any atom is -0.497 e. The van der Waals surface area contributed by atoms with Crippen molar-refractivity contribution >= 4 is 33.1 Å². The molecule has 0 bridgehead atoms. The highest BCUT2D eigenvalue weighted by Gasteiger charge is 2.22. The van der Waals surface area contributed by atoms with Gasteiger partial charge in [0.15, 0.2) is 0 Å². The fraction of sp³-hybridized carbons (Fsp3) is 0.350. The Labute approximate surface area is 162 Å². The molecule has 0 atom stereocenters. The minimum atomic E-state index is -0.132. The molecule has 2 aromatic heterocycles. The molecule has 4 rings (SSSR count). The van der Waals surface area contributed by atoms with Crippen LogP contribution in [0.3, 0.4) is 0 Å². The number of hydrogen-bond donors (Lipinski definition) is 2. The van der Waals surface area contributed by atoms with Crippen LogP contribution in [0.4, 0.5) is 5.69 Å². The molecule has 1 aromatic carbocycles. The molecule has 1 aliphatic heterocycles. The second kappa shape index (κ2) is 7.72. The number of hydrogen-bond acceptors (Lipinski definition) is 5. The van der Waals surface area contributed by atoms with Crippen LogP contribution in [-0.4, -0.2) is 49.2 Å². The predicted molar refractivity (Wildman–Crippen MR) is 108 cm³/mol. The SMILES string of the molecule is COc1cccc(NC(=O)c2[nH]c3cc(C)sc3c2CN2CCOCC2)c1. The molecule has 0 spiro atoms. The highest BCUT2D eigenvalue weighted by molar-refractivity contribution is 7.19. The molecule has 27 heavy (non-hydrogen) atoms. The maximum atomic E-state index is 13.0. The number of amides is 1. The van der Waals surface area contributed by atoms with Gasteiger partial charge in [-0.3, -0.25) is 9.69 Å². The van der Waals surface area contributed by atoms with Gasteiger partial charge in [0.25, 0.3) is 5.91 Å². The summed E-state index contributed by atoms with van der Waals surface area (Å²) in [7, 11) is 1.61. The summed E-state index contributed by atoms with van der Waals surface area (Å²) < 4.78 is 11.9. The summed E-state index contributed by atoms with van der Waals surface area (Å²) in [6.07, 6.45) is 0. The van der Waals surface area contributed by atoms with Crippen molar-refractivity contribution in [2.45, 2.75) is 13.5 Å². The first kappa shape index (κ1) is 18.0. The lowest BCUT2D eigenvalue weighted by atomic mass is 10.2. The topological polar surface area (TPSA) is 66.6 Å². The van der Waals surface area contributed by atoms with E-state index in [4.69, 9.17) is 9.47 Å². The van der Waals surface area contributed by atoms with Crippen molar-refractivity contribution in [3.63, 3.8) is 0 Å². The number of methoxy groups -OCH3 is 1. The molecule has 1 fully saturated rings. The summed E-state index contributed by atoms with van der Waals surface area (Å²) in [5, 5.41) is 2.99. The van der Waals surface area contributed by atoms with E-state index in [1.54, 1.807) is 18.4 Å². The third kappa shape index (κ3) is 3.85. The molecule has 1 aliphatic rings. The molecule has 0 saturated carbocycles. The first-order valence-corrected chi connectivity index (χ1v) is 9.82. The fourth-order valence-corrected chi connectivity index (χ4v) is 4.39. The average Bonchev–Trinajstić information content (AvgIpc) is 3.20. The van der Waals surface area contributed by atoms with Gasteiger partial charge in [0.05, 0.1) is 30.5 Å². The standard InChI is InChI=1S/C20H23N3O3S/c1-13-10-17-19(27-13)16(12-23-6-8-26-9-7-23)18(22-17)20(24)21-14-4-3-5-15(11-14)25-2/h3-5,10-11,22H,6-9,12H2,1-2H3,(H,21,24). The van der Waals surface area contributed by atoms with Crippen LogP contribution in [0.5, 0.6) is 5.75 Å². The van der Waals surface area contributed by atoms with Gasteiger partial charge in [-0.25, -0.2) is 0 Å². The number of rotatable bonds is 5. The maximum absolute atomic E-state index is 13.0. The molecular formula is C20H23N3O3S. The number of morpholine rings is 1. The van der Waals surface area contributed by atoms with Crippen LogP contribution >= 0.6 is 11.3 Å². The molecule has 1 amide bonds.